The van der Waals surface area contributed by atoms with Crippen LogP contribution >= 0.6 is 0 Å². The zero-order valence-electron chi connectivity index (χ0n) is 21.5. The van der Waals surface area contributed by atoms with Crippen molar-refractivity contribution in [1.29, 1.82) is 0 Å². The van der Waals surface area contributed by atoms with E-state index in [1.54, 1.807) is 11.1 Å². The summed E-state index contributed by atoms with van der Waals surface area (Å²) in [5.74, 6) is -0.942. The number of aromatic amines is 1. The zero-order chi connectivity index (χ0) is 28.7. The number of halogens is 6. The molecule has 0 unspecified atom stereocenters. The van der Waals surface area contributed by atoms with Crippen molar-refractivity contribution in [3.05, 3.63) is 70.9 Å². The van der Waals surface area contributed by atoms with Crippen LogP contribution in [0.15, 0.2) is 48.7 Å². The summed E-state index contributed by atoms with van der Waals surface area (Å²) in [6.07, 6.45) is -6.16. The quantitative estimate of drug-likeness (QED) is 0.433. The normalized spacial score (nSPS) is 19.0. The van der Waals surface area contributed by atoms with Gasteiger partial charge in [-0.3, -0.25) is 14.5 Å². The van der Waals surface area contributed by atoms with Crippen molar-refractivity contribution in [1.82, 2.24) is 19.7 Å². The summed E-state index contributed by atoms with van der Waals surface area (Å²) in [5, 5.41) is 0.901. The molecule has 2 aliphatic rings. The number of fused-ring (bicyclic) bond motifs is 1. The van der Waals surface area contributed by atoms with Crippen LogP contribution in [0.5, 0.6) is 0 Å². The second kappa shape index (κ2) is 10.8. The Kier molecular flexibility index (Phi) is 7.56. The molecule has 2 aromatic carbocycles. The van der Waals surface area contributed by atoms with E-state index in [1.165, 1.54) is 4.90 Å². The summed E-state index contributed by atoms with van der Waals surface area (Å²) in [4.78, 5) is 34.6. The standard InChI is InChI=1S/C28H28F6N4O2/c29-27(30,31)20-11-18(12-21(14-20)28(32,33)34)26(40)38-10-9-36(17-25(39)37-7-3-4-8-37)16-22(38)13-19-15-35-24-6-2-1-5-23(19)24/h1-2,5-6,11-12,14-15,22,35H,3-4,7-10,13,16-17H2/t22-/m1/s1. The van der Waals surface area contributed by atoms with Crippen LogP contribution in [0.1, 0.15) is 39.9 Å². The number of carbonyl (C=O) groups is 2. The lowest BCUT2D eigenvalue weighted by atomic mass is 9.98. The fourth-order valence-corrected chi connectivity index (χ4v) is 5.56. The summed E-state index contributed by atoms with van der Waals surface area (Å²) in [7, 11) is 0. The summed E-state index contributed by atoms with van der Waals surface area (Å²) in [6.45, 7) is 2.07. The fourth-order valence-electron chi connectivity index (χ4n) is 5.56. The number of piperazine rings is 1. The Morgan fingerprint density at radius 3 is 2.17 bits per heavy atom. The highest BCUT2D eigenvalue weighted by Crippen LogP contribution is 2.37. The van der Waals surface area contributed by atoms with Crippen LogP contribution in [-0.4, -0.2) is 76.8 Å². The Morgan fingerprint density at radius 2 is 1.52 bits per heavy atom. The van der Waals surface area contributed by atoms with Crippen molar-refractivity contribution in [3.8, 4) is 0 Å². The largest absolute Gasteiger partial charge is 0.416 e. The first-order valence-electron chi connectivity index (χ1n) is 13.1. The van der Waals surface area contributed by atoms with Gasteiger partial charge in [-0.2, -0.15) is 26.3 Å². The van der Waals surface area contributed by atoms with Gasteiger partial charge in [0.2, 0.25) is 5.91 Å². The van der Waals surface area contributed by atoms with Gasteiger partial charge in [0.1, 0.15) is 0 Å². The molecule has 0 spiro atoms. The minimum absolute atomic E-state index is 0.0160. The van der Waals surface area contributed by atoms with E-state index < -0.39 is 41.0 Å². The highest BCUT2D eigenvalue weighted by atomic mass is 19.4. The Bertz CT molecular complexity index is 1360. The van der Waals surface area contributed by atoms with Gasteiger partial charge < -0.3 is 14.8 Å². The average Bonchev–Trinajstić information content (AvgIpc) is 3.58. The number of carbonyl (C=O) groups excluding carboxylic acids is 2. The Balaban J connectivity index is 1.45. The number of benzene rings is 2. The van der Waals surface area contributed by atoms with Gasteiger partial charge in [0.05, 0.1) is 17.7 Å². The monoisotopic (exact) mass is 566 g/mol. The van der Waals surface area contributed by atoms with Crippen molar-refractivity contribution in [2.24, 2.45) is 0 Å². The van der Waals surface area contributed by atoms with E-state index in [-0.39, 0.29) is 38.2 Å². The molecular formula is C28H28F6N4O2. The van der Waals surface area contributed by atoms with Crippen LogP contribution in [-0.2, 0) is 23.6 Å². The van der Waals surface area contributed by atoms with Crippen LogP contribution in [0.3, 0.4) is 0 Å². The van der Waals surface area contributed by atoms with E-state index in [4.69, 9.17) is 0 Å². The number of rotatable bonds is 5. The van der Waals surface area contributed by atoms with Gasteiger partial charge in [-0.25, -0.2) is 0 Å². The number of nitrogens with zero attached hydrogens (tertiary/aromatic N) is 3. The lowest BCUT2D eigenvalue weighted by molar-refractivity contribution is -0.143. The smallest absolute Gasteiger partial charge is 0.361 e. The Hall–Kier alpha value is -3.54. The second-order valence-corrected chi connectivity index (χ2v) is 10.3. The molecule has 1 atom stereocenters. The number of amides is 2. The van der Waals surface area contributed by atoms with Crippen molar-refractivity contribution in [3.63, 3.8) is 0 Å². The van der Waals surface area contributed by atoms with Gasteiger partial charge in [-0.05, 0) is 49.1 Å². The van der Waals surface area contributed by atoms with Crippen LogP contribution in [0.2, 0.25) is 0 Å². The maximum atomic E-state index is 13.6. The maximum absolute atomic E-state index is 13.6. The molecule has 40 heavy (non-hydrogen) atoms. The van der Waals surface area contributed by atoms with Crippen molar-refractivity contribution in [2.45, 2.75) is 37.7 Å². The highest BCUT2D eigenvalue weighted by Gasteiger charge is 2.39. The molecule has 2 aliphatic heterocycles. The third kappa shape index (κ3) is 5.96. The van der Waals surface area contributed by atoms with Gasteiger partial charge in [0.25, 0.3) is 5.91 Å². The van der Waals surface area contributed by atoms with Gasteiger partial charge in [0.15, 0.2) is 0 Å². The number of para-hydroxylation sites is 1. The molecule has 3 heterocycles. The zero-order valence-corrected chi connectivity index (χ0v) is 21.5. The first kappa shape index (κ1) is 28.0. The van der Waals surface area contributed by atoms with E-state index in [9.17, 15) is 35.9 Å². The highest BCUT2D eigenvalue weighted by molar-refractivity contribution is 5.95. The molecule has 0 saturated carbocycles. The van der Waals surface area contributed by atoms with Crippen LogP contribution in [0, 0.1) is 0 Å². The molecule has 5 rings (SSSR count). The van der Waals surface area contributed by atoms with E-state index in [2.05, 4.69) is 4.98 Å². The maximum Gasteiger partial charge on any atom is 0.416 e. The minimum Gasteiger partial charge on any atom is -0.361 e. The number of hydrogen-bond acceptors (Lipinski definition) is 3. The Labute approximate surface area is 226 Å². The second-order valence-electron chi connectivity index (χ2n) is 10.3. The van der Waals surface area contributed by atoms with Crippen LogP contribution in [0.25, 0.3) is 10.9 Å². The molecule has 1 aromatic heterocycles. The molecule has 2 fully saturated rings. The first-order chi connectivity index (χ1) is 18.9. The van der Waals surface area contributed by atoms with E-state index in [0.717, 1.165) is 29.3 Å². The van der Waals surface area contributed by atoms with E-state index in [1.807, 2.05) is 29.2 Å². The van der Waals surface area contributed by atoms with Gasteiger partial charge in [0, 0.05) is 61.4 Å². The van der Waals surface area contributed by atoms with Crippen LogP contribution in [0.4, 0.5) is 26.3 Å². The number of aromatic nitrogens is 1. The van der Waals surface area contributed by atoms with E-state index in [0.29, 0.717) is 31.6 Å². The fraction of sp³-hybridized carbons (Fsp3) is 0.429. The predicted octanol–water partition coefficient (Wildman–Crippen LogP) is 5.20. The average molecular weight is 567 g/mol. The molecule has 6 nitrogen and oxygen atoms in total. The molecule has 0 bridgehead atoms. The van der Waals surface area contributed by atoms with Gasteiger partial charge in [-0.1, -0.05) is 18.2 Å². The molecule has 2 saturated heterocycles. The summed E-state index contributed by atoms with van der Waals surface area (Å²) >= 11 is 0. The third-order valence-corrected chi connectivity index (χ3v) is 7.61. The lowest BCUT2D eigenvalue weighted by Gasteiger charge is -2.42. The summed E-state index contributed by atoms with van der Waals surface area (Å²) in [5.41, 5.74) is -2.03. The third-order valence-electron chi connectivity index (χ3n) is 7.61. The number of nitrogens with one attached hydrogen (secondary N) is 1. The van der Waals surface area contributed by atoms with Crippen LogP contribution < -0.4 is 0 Å². The predicted molar refractivity (Wildman–Crippen MR) is 136 cm³/mol. The SMILES string of the molecule is O=C(CN1CCN(C(=O)c2cc(C(F)(F)F)cc(C(F)(F)F)c2)[C@H](Cc2c[nH]c3ccccc23)C1)N1CCCC1. The Morgan fingerprint density at radius 1 is 0.875 bits per heavy atom. The topological polar surface area (TPSA) is 59.7 Å². The molecular weight excluding hydrogens is 538 g/mol. The minimum atomic E-state index is -5.06. The molecule has 214 valence electrons. The van der Waals surface area contributed by atoms with Gasteiger partial charge in [-0.15, -0.1) is 0 Å². The first-order valence-corrected chi connectivity index (χ1v) is 13.1. The molecule has 0 radical (unpaired) electrons. The molecule has 2 amide bonds. The lowest BCUT2D eigenvalue weighted by Crippen LogP contribution is -2.57. The molecule has 1 N–H and O–H groups in total. The molecule has 12 heteroatoms. The van der Waals surface area contributed by atoms with Crippen molar-refractivity contribution < 1.29 is 35.9 Å². The number of hydrogen-bond donors (Lipinski definition) is 1. The van der Waals surface area contributed by atoms with E-state index >= 15 is 0 Å². The summed E-state index contributed by atoms with van der Waals surface area (Å²) < 4.78 is 80.9. The van der Waals surface area contributed by atoms with Crippen molar-refractivity contribution >= 4 is 22.7 Å². The molecule has 3 aromatic rings. The number of likely N-dealkylation sites (tertiary alicyclic amines) is 1. The molecule has 0 aliphatic carbocycles. The van der Waals surface area contributed by atoms with Crippen molar-refractivity contribution in [2.75, 3.05) is 39.3 Å². The number of H-pyrrole nitrogens is 1. The summed E-state index contributed by atoms with van der Waals surface area (Å²) in [6, 6.07) is 7.87. The van der Waals surface area contributed by atoms with Gasteiger partial charge >= 0.3 is 12.4 Å². The number of alkyl halides is 6.